The standard InChI is InChI=1S/C13H15FO2/c1-8-5-6-9(7-12(8)14)10-3-2-4-11(10)13(15)16/h5-7,10-11H,2-4H2,1H3,(H,15,16). The topological polar surface area (TPSA) is 37.3 Å². The van der Waals surface area contributed by atoms with Gasteiger partial charge in [0, 0.05) is 0 Å². The zero-order chi connectivity index (χ0) is 11.7. The van der Waals surface area contributed by atoms with Crippen molar-refractivity contribution in [2.24, 2.45) is 5.92 Å². The Bertz CT molecular complexity index is 414. The number of halogens is 1. The molecule has 0 aromatic heterocycles. The van der Waals surface area contributed by atoms with Crippen LogP contribution >= 0.6 is 0 Å². The lowest BCUT2D eigenvalue weighted by atomic mass is 9.88. The average Bonchev–Trinajstić information content (AvgIpc) is 2.71. The summed E-state index contributed by atoms with van der Waals surface area (Å²) in [5.41, 5.74) is 1.43. The summed E-state index contributed by atoms with van der Waals surface area (Å²) in [6.07, 6.45) is 2.46. The molecule has 1 aliphatic carbocycles. The monoisotopic (exact) mass is 222 g/mol. The Labute approximate surface area is 94.1 Å². The molecule has 2 nitrogen and oxygen atoms in total. The zero-order valence-electron chi connectivity index (χ0n) is 9.24. The summed E-state index contributed by atoms with van der Waals surface area (Å²) in [5.74, 6) is -1.37. The van der Waals surface area contributed by atoms with Crippen LogP contribution in [0.3, 0.4) is 0 Å². The van der Waals surface area contributed by atoms with Crippen molar-refractivity contribution < 1.29 is 14.3 Å². The van der Waals surface area contributed by atoms with Gasteiger partial charge in [0.15, 0.2) is 0 Å². The number of carboxylic acid groups (broad SMARTS) is 1. The molecule has 2 rings (SSSR count). The average molecular weight is 222 g/mol. The van der Waals surface area contributed by atoms with Gasteiger partial charge in [0.2, 0.25) is 0 Å². The maximum absolute atomic E-state index is 13.4. The summed E-state index contributed by atoms with van der Waals surface area (Å²) in [6, 6.07) is 5.06. The summed E-state index contributed by atoms with van der Waals surface area (Å²) in [7, 11) is 0. The Balaban J connectivity index is 2.29. The fraction of sp³-hybridized carbons (Fsp3) is 0.462. The molecule has 1 aromatic rings. The van der Waals surface area contributed by atoms with Crippen molar-refractivity contribution in [3.8, 4) is 0 Å². The van der Waals surface area contributed by atoms with Gasteiger partial charge in [0.1, 0.15) is 5.82 Å². The maximum atomic E-state index is 13.4. The quantitative estimate of drug-likeness (QED) is 0.834. The van der Waals surface area contributed by atoms with Gasteiger partial charge in [-0.05, 0) is 42.9 Å². The van der Waals surface area contributed by atoms with E-state index in [1.54, 1.807) is 13.0 Å². The van der Waals surface area contributed by atoms with Gasteiger partial charge in [0.05, 0.1) is 5.92 Å². The van der Waals surface area contributed by atoms with Gasteiger partial charge in [-0.2, -0.15) is 0 Å². The van der Waals surface area contributed by atoms with E-state index in [2.05, 4.69) is 0 Å². The van der Waals surface area contributed by atoms with Crippen LogP contribution in [0, 0.1) is 18.7 Å². The Morgan fingerprint density at radius 3 is 2.81 bits per heavy atom. The highest BCUT2D eigenvalue weighted by Crippen LogP contribution is 2.40. The summed E-state index contributed by atoms with van der Waals surface area (Å²) in [5, 5.41) is 9.08. The lowest BCUT2D eigenvalue weighted by molar-refractivity contribution is -0.142. The molecule has 1 N–H and O–H groups in total. The molecule has 0 saturated heterocycles. The second-order valence-electron chi connectivity index (χ2n) is 4.49. The van der Waals surface area contributed by atoms with E-state index in [1.165, 1.54) is 6.07 Å². The highest BCUT2D eigenvalue weighted by Gasteiger charge is 2.33. The fourth-order valence-electron chi connectivity index (χ4n) is 2.49. The summed E-state index contributed by atoms with van der Waals surface area (Å²) in [6.45, 7) is 1.71. The molecule has 0 bridgehead atoms. The van der Waals surface area contributed by atoms with E-state index < -0.39 is 5.97 Å². The predicted molar refractivity (Wildman–Crippen MR) is 58.9 cm³/mol. The largest absolute Gasteiger partial charge is 0.481 e. The Kier molecular flexibility index (Phi) is 2.95. The summed E-state index contributed by atoms with van der Waals surface area (Å²) >= 11 is 0. The molecule has 0 aliphatic heterocycles. The van der Waals surface area contributed by atoms with Gasteiger partial charge in [-0.3, -0.25) is 4.79 Å². The minimum Gasteiger partial charge on any atom is -0.481 e. The van der Waals surface area contributed by atoms with Crippen LogP contribution in [0.4, 0.5) is 4.39 Å². The van der Waals surface area contributed by atoms with Crippen LogP contribution in [0.1, 0.15) is 36.3 Å². The van der Waals surface area contributed by atoms with Crippen LogP contribution in [0.2, 0.25) is 0 Å². The molecule has 1 aromatic carbocycles. The van der Waals surface area contributed by atoms with E-state index >= 15 is 0 Å². The zero-order valence-corrected chi connectivity index (χ0v) is 9.24. The third kappa shape index (κ3) is 1.94. The van der Waals surface area contributed by atoms with E-state index in [4.69, 9.17) is 5.11 Å². The summed E-state index contributed by atoms with van der Waals surface area (Å²) in [4.78, 5) is 11.0. The molecule has 0 amide bonds. The van der Waals surface area contributed by atoms with Gasteiger partial charge in [-0.25, -0.2) is 4.39 Å². The first-order valence-electron chi connectivity index (χ1n) is 5.58. The van der Waals surface area contributed by atoms with Crippen molar-refractivity contribution >= 4 is 5.97 Å². The smallest absolute Gasteiger partial charge is 0.307 e. The van der Waals surface area contributed by atoms with Gasteiger partial charge in [0.25, 0.3) is 0 Å². The normalized spacial score (nSPS) is 24.6. The van der Waals surface area contributed by atoms with Crippen LogP contribution in [-0.2, 0) is 4.79 Å². The minimum atomic E-state index is -0.761. The second kappa shape index (κ2) is 4.24. The first-order valence-corrected chi connectivity index (χ1v) is 5.58. The number of carboxylic acids is 1. The lowest BCUT2D eigenvalue weighted by Crippen LogP contribution is -2.16. The summed E-state index contributed by atoms with van der Waals surface area (Å²) < 4.78 is 13.4. The van der Waals surface area contributed by atoms with Crippen LogP contribution in [-0.4, -0.2) is 11.1 Å². The fourth-order valence-corrected chi connectivity index (χ4v) is 2.49. The molecule has 0 heterocycles. The third-order valence-corrected chi connectivity index (χ3v) is 3.46. The third-order valence-electron chi connectivity index (χ3n) is 3.46. The Hall–Kier alpha value is -1.38. The SMILES string of the molecule is Cc1ccc(C2CCCC2C(=O)O)cc1F. The molecule has 1 fully saturated rings. The van der Waals surface area contributed by atoms with Gasteiger partial charge in [-0.1, -0.05) is 18.6 Å². The minimum absolute atomic E-state index is 0.0207. The second-order valence-corrected chi connectivity index (χ2v) is 4.49. The van der Waals surface area contributed by atoms with Crippen molar-refractivity contribution in [1.29, 1.82) is 0 Å². The van der Waals surface area contributed by atoms with Crippen molar-refractivity contribution in [3.63, 3.8) is 0 Å². The Morgan fingerprint density at radius 2 is 2.19 bits per heavy atom. The predicted octanol–water partition coefficient (Wildman–Crippen LogP) is 3.10. The number of aryl methyl sites for hydroxylation is 1. The number of hydrogen-bond donors (Lipinski definition) is 1. The molecular weight excluding hydrogens is 207 g/mol. The highest BCUT2D eigenvalue weighted by molar-refractivity contribution is 5.71. The first kappa shape index (κ1) is 11.1. The van der Waals surface area contributed by atoms with Crippen LogP contribution in [0.15, 0.2) is 18.2 Å². The van der Waals surface area contributed by atoms with Crippen LogP contribution in [0.5, 0.6) is 0 Å². The molecule has 3 heteroatoms. The number of benzene rings is 1. The van der Waals surface area contributed by atoms with E-state index in [-0.39, 0.29) is 17.7 Å². The highest BCUT2D eigenvalue weighted by atomic mass is 19.1. The molecule has 1 saturated carbocycles. The molecule has 86 valence electrons. The van der Waals surface area contributed by atoms with Gasteiger partial charge >= 0.3 is 5.97 Å². The molecule has 0 radical (unpaired) electrons. The van der Waals surface area contributed by atoms with Gasteiger partial charge < -0.3 is 5.11 Å². The van der Waals surface area contributed by atoms with Crippen molar-refractivity contribution in [3.05, 3.63) is 35.1 Å². The lowest BCUT2D eigenvalue weighted by Gasteiger charge is -2.16. The first-order chi connectivity index (χ1) is 7.59. The maximum Gasteiger partial charge on any atom is 0.307 e. The molecule has 16 heavy (non-hydrogen) atoms. The van der Waals surface area contributed by atoms with E-state index in [0.717, 1.165) is 18.4 Å². The van der Waals surface area contributed by atoms with Crippen LogP contribution < -0.4 is 0 Å². The van der Waals surface area contributed by atoms with Crippen LogP contribution in [0.25, 0.3) is 0 Å². The molecule has 1 aliphatic rings. The van der Waals surface area contributed by atoms with Crippen molar-refractivity contribution in [1.82, 2.24) is 0 Å². The van der Waals surface area contributed by atoms with E-state index in [1.807, 2.05) is 6.07 Å². The number of hydrogen-bond acceptors (Lipinski definition) is 1. The van der Waals surface area contributed by atoms with E-state index in [0.29, 0.717) is 12.0 Å². The number of carbonyl (C=O) groups is 1. The van der Waals surface area contributed by atoms with Crippen molar-refractivity contribution in [2.75, 3.05) is 0 Å². The number of rotatable bonds is 2. The molecular formula is C13H15FO2. The molecule has 0 spiro atoms. The van der Waals surface area contributed by atoms with Crippen molar-refractivity contribution in [2.45, 2.75) is 32.1 Å². The number of aliphatic carboxylic acids is 1. The van der Waals surface area contributed by atoms with Gasteiger partial charge in [-0.15, -0.1) is 0 Å². The van der Waals surface area contributed by atoms with E-state index in [9.17, 15) is 9.18 Å². The molecule has 2 unspecified atom stereocenters. The molecule has 2 atom stereocenters. The Morgan fingerprint density at radius 1 is 1.44 bits per heavy atom.